The van der Waals surface area contributed by atoms with Gasteiger partial charge < -0.3 is 15.2 Å². The topological polar surface area (TPSA) is 97.0 Å². The highest BCUT2D eigenvalue weighted by molar-refractivity contribution is 6.42. The summed E-state index contributed by atoms with van der Waals surface area (Å²) in [4.78, 5) is 0. The summed E-state index contributed by atoms with van der Waals surface area (Å²) >= 11 is 12.3. The van der Waals surface area contributed by atoms with Crippen molar-refractivity contribution in [3.05, 3.63) is 75.1 Å². The second-order valence-electron chi connectivity index (χ2n) is 6.14. The highest BCUT2D eigenvalue weighted by atomic mass is 35.5. The standard InChI is InChI=1S/C20H14Cl2N4O2/c1-27-12-5-2-10(3-6-12)18-17-16(11-4-7-14(21)15(22)8-11)13(9-23)19(24)28-20(17)26-25-18/h2-8,16H,24H2,1H3,(H,25,26)/t16-/m0/s1. The van der Waals surface area contributed by atoms with E-state index in [0.717, 1.165) is 16.9 Å². The van der Waals surface area contributed by atoms with Gasteiger partial charge in [-0.3, -0.25) is 5.10 Å². The van der Waals surface area contributed by atoms with Crippen LogP contribution in [0.5, 0.6) is 11.6 Å². The van der Waals surface area contributed by atoms with Gasteiger partial charge in [-0.25, -0.2) is 0 Å². The van der Waals surface area contributed by atoms with Gasteiger partial charge >= 0.3 is 0 Å². The minimum Gasteiger partial charge on any atom is -0.497 e. The lowest BCUT2D eigenvalue weighted by Crippen LogP contribution is -2.21. The molecule has 0 fully saturated rings. The number of ether oxygens (including phenoxy) is 2. The molecule has 2 aromatic carbocycles. The van der Waals surface area contributed by atoms with Gasteiger partial charge in [0.2, 0.25) is 11.8 Å². The van der Waals surface area contributed by atoms with Gasteiger partial charge in [0.25, 0.3) is 0 Å². The Bertz CT molecular complexity index is 1130. The summed E-state index contributed by atoms with van der Waals surface area (Å²) in [6.45, 7) is 0. The molecule has 0 bridgehead atoms. The first-order chi connectivity index (χ1) is 13.5. The summed E-state index contributed by atoms with van der Waals surface area (Å²) in [6.07, 6.45) is 0. The molecule has 0 spiro atoms. The second kappa shape index (κ2) is 7.12. The maximum absolute atomic E-state index is 9.74. The summed E-state index contributed by atoms with van der Waals surface area (Å²) in [5, 5.41) is 17.8. The fraction of sp³-hybridized carbons (Fsp3) is 0.100. The molecule has 3 N–H and O–H groups in total. The van der Waals surface area contributed by atoms with Gasteiger partial charge in [-0.15, -0.1) is 5.10 Å². The van der Waals surface area contributed by atoms with Crippen molar-refractivity contribution in [2.45, 2.75) is 5.92 Å². The van der Waals surface area contributed by atoms with Crippen LogP contribution in [0.3, 0.4) is 0 Å². The Morgan fingerprint density at radius 1 is 1.18 bits per heavy atom. The molecule has 1 aliphatic heterocycles. The SMILES string of the molecule is COc1ccc(-c2[nH]nc3c2[C@@H](c2ccc(Cl)c(Cl)c2)C(C#N)=C(N)O3)cc1. The van der Waals surface area contributed by atoms with Crippen LogP contribution in [0.2, 0.25) is 10.0 Å². The molecule has 0 radical (unpaired) electrons. The van der Waals surface area contributed by atoms with Crippen molar-refractivity contribution in [1.82, 2.24) is 10.2 Å². The quantitative estimate of drug-likeness (QED) is 0.654. The van der Waals surface area contributed by atoms with Gasteiger partial charge in [-0.05, 0) is 42.0 Å². The zero-order chi connectivity index (χ0) is 19.8. The van der Waals surface area contributed by atoms with Crippen LogP contribution in [-0.2, 0) is 0 Å². The molecule has 1 aromatic heterocycles. The van der Waals surface area contributed by atoms with Crippen LogP contribution in [0.25, 0.3) is 11.3 Å². The molecule has 2 heterocycles. The Hall–Kier alpha value is -3.14. The second-order valence-corrected chi connectivity index (χ2v) is 6.96. The number of aromatic nitrogens is 2. The van der Waals surface area contributed by atoms with Crippen molar-refractivity contribution in [2.75, 3.05) is 7.11 Å². The Kier molecular flexibility index (Phi) is 4.63. The molecule has 4 rings (SSSR count). The highest BCUT2D eigenvalue weighted by Crippen LogP contribution is 2.46. The van der Waals surface area contributed by atoms with Crippen molar-refractivity contribution >= 4 is 23.2 Å². The predicted molar refractivity (Wildman–Crippen MR) is 106 cm³/mol. The molecule has 6 nitrogen and oxygen atoms in total. The lowest BCUT2D eigenvalue weighted by atomic mass is 9.83. The molecule has 0 amide bonds. The molecule has 1 aliphatic rings. The minimum atomic E-state index is -0.501. The largest absolute Gasteiger partial charge is 0.497 e. The lowest BCUT2D eigenvalue weighted by molar-refractivity contribution is 0.379. The number of hydrogen-bond donors (Lipinski definition) is 2. The normalized spacial score (nSPS) is 15.6. The van der Waals surface area contributed by atoms with Crippen molar-refractivity contribution < 1.29 is 9.47 Å². The van der Waals surface area contributed by atoms with Crippen LogP contribution >= 0.6 is 23.2 Å². The summed E-state index contributed by atoms with van der Waals surface area (Å²) in [5.41, 5.74) is 9.31. The number of benzene rings is 2. The van der Waals surface area contributed by atoms with Crippen LogP contribution in [0.15, 0.2) is 53.9 Å². The molecule has 28 heavy (non-hydrogen) atoms. The number of hydrogen-bond acceptors (Lipinski definition) is 5. The van der Waals surface area contributed by atoms with Gasteiger partial charge in [-0.1, -0.05) is 29.3 Å². The van der Waals surface area contributed by atoms with Crippen LogP contribution in [0.4, 0.5) is 0 Å². The maximum Gasteiger partial charge on any atom is 0.244 e. The zero-order valence-corrected chi connectivity index (χ0v) is 16.2. The number of H-pyrrole nitrogens is 1. The lowest BCUT2D eigenvalue weighted by Gasteiger charge is -2.24. The number of allylic oxidation sites excluding steroid dienone is 1. The number of aromatic amines is 1. The van der Waals surface area contributed by atoms with Gasteiger partial charge in [0.15, 0.2) is 0 Å². The molecular weight excluding hydrogens is 399 g/mol. The average molecular weight is 413 g/mol. The number of halogens is 2. The van der Waals surface area contributed by atoms with E-state index < -0.39 is 5.92 Å². The zero-order valence-electron chi connectivity index (χ0n) is 14.7. The number of nitrogens with zero attached hydrogens (tertiary/aromatic N) is 2. The molecule has 3 aromatic rings. The van der Waals surface area contributed by atoms with Crippen molar-refractivity contribution in [1.29, 1.82) is 5.26 Å². The van der Waals surface area contributed by atoms with E-state index in [4.69, 9.17) is 38.4 Å². The Balaban J connectivity index is 1.92. The molecule has 140 valence electrons. The third-order valence-electron chi connectivity index (χ3n) is 4.59. The van der Waals surface area contributed by atoms with Crippen LogP contribution in [0, 0.1) is 11.3 Å². The van der Waals surface area contributed by atoms with Gasteiger partial charge in [-0.2, -0.15) is 5.26 Å². The number of rotatable bonds is 3. The molecule has 0 unspecified atom stereocenters. The Morgan fingerprint density at radius 2 is 1.93 bits per heavy atom. The first kappa shape index (κ1) is 18.2. The van der Waals surface area contributed by atoms with E-state index in [2.05, 4.69) is 16.3 Å². The molecule has 0 saturated carbocycles. The number of methoxy groups -OCH3 is 1. The fourth-order valence-electron chi connectivity index (χ4n) is 3.25. The molecule has 8 heteroatoms. The predicted octanol–water partition coefficient (Wildman–Crippen LogP) is 4.61. The number of nitrogens with two attached hydrogens (primary N) is 1. The number of fused-ring (bicyclic) bond motifs is 1. The smallest absolute Gasteiger partial charge is 0.244 e. The minimum absolute atomic E-state index is 0.0128. The molecule has 1 atom stereocenters. The van der Waals surface area contributed by atoms with Crippen LogP contribution < -0.4 is 15.2 Å². The summed E-state index contributed by atoms with van der Waals surface area (Å²) < 4.78 is 10.8. The third kappa shape index (κ3) is 2.95. The van der Waals surface area contributed by atoms with Crippen LogP contribution in [-0.4, -0.2) is 17.3 Å². The highest BCUT2D eigenvalue weighted by Gasteiger charge is 2.35. The van der Waals surface area contributed by atoms with Gasteiger partial charge in [0, 0.05) is 5.56 Å². The van der Waals surface area contributed by atoms with Gasteiger partial charge in [0.05, 0.1) is 34.3 Å². The van der Waals surface area contributed by atoms with E-state index in [0.29, 0.717) is 27.2 Å². The molecule has 0 aliphatic carbocycles. The van der Waals surface area contributed by atoms with Crippen molar-refractivity contribution in [2.24, 2.45) is 5.73 Å². The first-order valence-electron chi connectivity index (χ1n) is 8.28. The Morgan fingerprint density at radius 3 is 2.57 bits per heavy atom. The van der Waals surface area contributed by atoms with Crippen molar-refractivity contribution in [3.63, 3.8) is 0 Å². The first-order valence-corrected chi connectivity index (χ1v) is 9.04. The summed E-state index contributed by atoms with van der Waals surface area (Å²) in [7, 11) is 1.61. The van der Waals surface area contributed by atoms with E-state index in [9.17, 15) is 5.26 Å². The average Bonchev–Trinajstić information content (AvgIpc) is 3.12. The van der Waals surface area contributed by atoms with Crippen molar-refractivity contribution in [3.8, 4) is 29.0 Å². The monoisotopic (exact) mass is 412 g/mol. The third-order valence-corrected chi connectivity index (χ3v) is 5.33. The Labute approximate surface area is 171 Å². The number of nitrogens with one attached hydrogen (secondary N) is 1. The van der Waals surface area contributed by atoms with E-state index >= 15 is 0 Å². The van der Waals surface area contributed by atoms with Crippen LogP contribution in [0.1, 0.15) is 17.0 Å². The van der Waals surface area contributed by atoms with E-state index in [1.54, 1.807) is 19.2 Å². The van der Waals surface area contributed by atoms with Gasteiger partial charge in [0.1, 0.15) is 17.4 Å². The molecular formula is C20H14Cl2N4O2. The summed E-state index contributed by atoms with van der Waals surface area (Å²) in [5.74, 6) is 0.563. The number of nitriles is 1. The van der Waals surface area contributed by atoms with E-state index in [1.165, 1.54) is 0 Å². The van der Waals surface area contributed by atoms with E-state index in [-0.39, 0.29) is 11.5 Å². The fourth-order valence-corrected chi connectivity index (χ4v) is 3.55. The molecule has 0 saturated heterocycles. The van der Waals surface area contributed by atoms with E-state index in [1.807, 2.05) is 30.3 Å². The maximum atomic E-state index is 9.74. The summed E-state index contributed by atoms with van der Waals surface area (Å²) in [6, 6.07) is 14.8.